The van der Waals surface area contributed by atoms with Crippen molar-refractivity contribution < 1.29 is 4.42 Å². The van der Waals surface area contributed by atoms with Crippen LogP contribution in [0.25, 0.3) is 0 Å². The molecule has 0 saturated carbocycles. The summed E-state index contributed by atoms with van der Waals surface area (Å²) in [5, 5.41) is 0. The SMILES string of the molecule is Cc1cc(C(C)(C)C)oc(=NC(C)(C)C)c1. The van der Waals surface area contributed by atoms with Gasteiger partial charge in [0.1, 0.15) is 5.76 Å². The first kappa shape index (κ1) is 13.0. The molecule has 16 heavy (non-hydrogen) atoms. The highest BCUT2D eigenvalue weighted by Gasteiger charge is 2.17. The summed E-state index contributed by atoms with van der Waals surface area (Å²) in [5.41, 5.74) is 1.83. The van der Waals surface area contributed by atoms with Gasteiger partial charge in [-0.15, -0.1) is 0 Å². The Kier molecular flexibility index (Phi) is 3.32. The van der Waals surface area contributed by atoms with Crippen molar-refractivity contribution in [2.45, 2.75) is 59.4 Å². The first-order valence-electron chi connectivity index (χ1n) is 5.76. The van der Waals surface area contributed by atoms with E-state index in [1.54, 1.807) is 0 Å². The summed E-state index contributed by atoms with van der Waals surface area (Å²) in [6.45, 7) is 14.7. The van der Waals surface area contributed by atoms with Crippen LogP contribution in [0.3, 0.4) is 0 Å². The molecule has 0 aliphatic carbocycles. The summed E-state index contributed by atoms with van der Waals surface area (Å²) >= 11 is 0. The summed E-state index contributed by atoms with van der Waals surface area (Å²) in [5.74, 6) is 0.982. The zero-order chi connectivity index (χ0) is 12.6. The van der Waals surface area contributed by atoms with Crippen molar-refractivity contribution in [3.05, 3.63) is 29.0 Å². The molecule has 1 heterocycles. The molecule has 0 saturated heterocycles. The third kappa shape index (κ3) is 3.84. The molecule has 0 aromatic carbocycles. The zero-order valence-corrected chi connectivity index (χ0v) is 11.5. The molecule has 90 valence electrons. The maximum Gasteiger partial charge on any atom is 0.214 e. The van der Waals surface area contributed by atoms with Crippen molar-refractivity contribution >= 4 is 0 Å². The fourth-order valence-corrected chi connectivity index (χ4v) is 1.37. The van der Waals surface area contributed by atoms with Crippen molar-refractivity contribution in [1.29, 1.82) is 0 Å². The normalized spacial score (nSPS) is 14.3. The topological polar surface area (TPSA) is 25.5 Å². The van der Waals surface area contributed by atoms with Gasteiger partial charge in [0.15, 0.2) is 0 Å². The van der Waals surface area contributed by atoms with Gasteiger partial charge in [-0.25, -0.2) is 4.99 Å². The van der Waals surface area contributed by atoms with Gasteiger partial charge in [-0.2, -0.15) is 0 Å². The third-order valence-corrected chi connectivity index (χ3v) is 2.11. The number of aryl methyl sites for hydroxylation is 1. The largest absolute Gasteiger partial charge is 0.443 e. The van der Waals surface area contributed by atoms with Crippen LogP contribution < -0.4 is 5.55 Å². The molecule has 0 atom stereocenters. The number of hydrogen-bond acceptors (Lipinski definition) is 2. The Balaban J connectivity index is 3.35. The fourth-order valence-electron chi connectivity index (χ4n) is 1.37. The average Bonchev–Trinajstić information content (AvgIpc) is 1.97. The van der Waals surface area contributed by atoms with Gasteiger partial charge in [0.25, 0.3) is 0 Å². The Morgan fingerprint density at radius 1 is 1.00 bits per heavy atom. The van der Waals surface area contributed by atoms with Crippen LogP contribution in [0.15, 0.2) is 21.5 Å². The predicted octanol–water partition coefficient (Wildman–Crippen LogP) is 3.58. The third-order valence-electron chi connectivity index (χ3n) is 2.11. The highest BCUT2D eigenvalue weighted by atomic mass is 16.3. The first-order valence-corrected chi connectivity index (χ1v) is 5.76. The van der Waals surface area contributed by atoms with Crippen LogP contribution in [0.1, 0.15) is 52.9 Å². The summed E-state index contributed by atoms with van der Waals surface area (Å²) < 4.78 is 5.83. The smallest absolute Gasteiger partial charge is 0.214 e. The first-order chi connectivity index (χ1) is 7.08. The summed E-state index contributed by atoms with van der Waals surface area (Å²) in [7, 11) is 0. The molecular weight excluding hydrogens is 198 g/mol. The lowest BCUT2D eigenvalue weighted by atomic mass is 9.92. The lowest BCUT2D eigenvalue weighted by Gasteiger charge is -2.18. The van der Waals surface area contributed by atoms with Crippen LogP contribution in [-0.4, -0.2) is 5.54 Å². The van der Waals surface area contributed by atoms with Crippen molar-refractivity contribution in [3.8, 4) is 0 Å². The van der Waals surface area contributed by atoms with Gasteiger partial charge in [0.05, 0.1) is 5.54 Å². The van der Waals surface area contributed by atoms with Gasteiger partial charge in [0, 0.05) is 11.5 Å². The number of rotatable bonds is 0. The molecule has 0 unspecified atom stereocenters. The molecule has 0 fully saturated rings. The zero-order valence-electron chi connectivity index (χ0n) is 11.5. The fraction of sp³-hybridized carbons (Fsp3) is 0.643. The highest BCUT2D eigenvalue weighted by molar-refractivity contribution is 5.16. The second-order valence-corrected chi connectivity index (χ2v) is 6.37. The standard InChI is InChI=1S/C14H23NO/c1-10-8-11(13(2,3)4)16-12(9-10)15-14(5,6)7/h8-9H,1-7H3. The molecule has 2 heteroatoms. The molecular formula is C14H23NO. The van der Waals surface area contributed by atoms with E-state index in [0.29, 0.717) is 0 Å². The summed E-state index contributed by atoms with van der Waals surface area (Å²) in [4.78, 5) is 4.56. The van der Waals surface area contributed by atoms with Gasteiger partial charge in [-0.1, -0.05) is 20.8 Å². The second-order valence-electron chi connectivity index (χ2n) is 6.37. The summed E-state index contributed by atoms with van der Waals surface area (Å²) in [6, 6.07) is 4.07. The van der Waals surface area contributed by atoms with Gasteiger partial charge < -0.3 is 4.42 Å². The van der Waals surface area contributed by atoms with E-state index in [9.17, 15) is 0 Å². The lowest BCUT2D eigenvalue weighted by Crippen LogP contribution is -2.20. The Hall–Kier alpha value is -1.05. The Morgan fingerprint density at radius 3 is 2.00 bits per heavy atom. The van der Waals surface area contributed by atoms with E-state index in [4.69, 9.17) is 4.42 Å². The van der Waals surface area contributed by atoms with Crippen LogP contribution in [0.5, 0.6) is 0 Å². The van der Waals surface area contributed by atoms with Gasteiger partial charge in [-0.05, 0) is 39.3 Å². The highest BCUT2D eigenvalue weighted by Crippen LogP contribution is 2.21. The van der Waals surface area contributed by atoms with E-state index in [1.165, 1.54) is 5.56 Å². The molecule has 0 N–H and O–H groups in total. The van der Waals surface area contributed by atoms with Crippen LogP contribution >= 0.6 is 0 Å². The molecule has 1 rings (SSSR count). The van der Waals surface area contributed by atoms with E-state index >= 15 is 0 Å². The van der Waals surface area contributed by atoms with E-state index in [0.717, 1.165) is 11.3 Å². The van der Waals surface area contributed by atoms with Crippen molar-refractivity contribution in [3.63, 3.8) is 0 Å². The molecule has 2 nitrogen and oxygen atoms in total. The van der Waals surface area contributed by atoms with Gasteiger partial charge in [-0.3, -0.25) is 0 Å². The second kappa shape index (κ2) is 4.08. The predicted molar refractivity (Wildman–Crippen MR) is 67.5 cm³/mol. The van der Waals surface area contributed by atoms with E-state index in [2.05, 4.69) is 59.5 Å². The van der Waals surface area contributed by atoms with E-state index in [-0.39, 0.29) is 11.0 Å². The van der Waals surface area contributed by atoms with Crippen molar-refractivity contribution in [2.75, 3.05) is 0 Å². The number of hydrogen-bond donors (Lipinski definition) is 0. The molecule has 0 aliphatic heterocycles. The average molecular weight is 221 g/mol. The van der Waals surface area contributed by atoms with Gasteiger partial charge in [0.2, 0.25) is 5.55 Å². The molecule has 0 aliphatic rings. The van der Waals surface area contributed by atoms with Crippen LogP contribution in [0.2, 0.25) is 0 Å². The molecule has 0 radical (unpaired) electrons. The molecule has 0 amide bonds. The van der Waals surface area contributed by atoms with Crippen LogP contribution in [-0.2, 0) is 5.41 Å². The number of nitrogens with zero attached hydrogens (tertiary/aromatic N) is 1. The minimum Gasteiger partial charge on any atom is -0.443 e. The molecule has 0 spiro atoms. The maximum absolute atomic E-state index is 5.83. The Morgan fingerprint density at radius 2 is 1.56 bits per heavy atom. The minimum absolute atomic E-state index is 0.0220. The van der Waals surface area contributed by atoms with Crippen LogP contribution in [0.4, 0.5) is 0 Å². The minimum atomic E-state index is -0.105. The maximum atomic E-state index is 5.83. The molecule has 1 aromatic rings. The van der Waals surface area contributed by atoms with Crippen LogP contribution in [0, 0.1) is 6.92 Å². The van der Waals surface area contributed by atoms with E-state index in [1.807, 2.05) is 6.07 Å². The van der Waals surface area contributed by atoms with Crippen molar-refractivity contribution in [1.82, 2.24) is 0 Å². The quantitative estimate of drug-likeness (QED) is 0.657. The molecule has 0 bridgehead atoms. The monoisotopic (exact) mass is 221 g/mol. The summed E-state index contributed by atoms with van der Waals surface area (Å²) in [6.07, 6.45) is 0. The molecule has 1 aromatic heterocycles. The van der Waals surface area contributed by atoms with Crippen molar-refractivity contribution in [2.24, 2.45) is 4.99 Å². The van der Waals surface area contributed by atoms with Gasteiger partial charge >= 0.3 is 0 Å². The lowest BCUT2D eigenvalue weighted by molar-refractivity contribution is 0.356. The Labute approximate surface area is 98.4 Å². The van der Waals surface area contributed by atoms with E-state index < -0.39 is 0 Å². The Bertz CT molecular complexity index is 427.